The van der Waals surface area contributed by atoms with Crippen LogP contribution in [0.25, 0.3) is 0 Å². The van der Waals surface area contributed by atoms with Crippen molar-refractivity contribution in [3.63, 3.8) is 0 Å². The van der Waals surface area contributed by atoms with Crippen LogP contribution >= 0.6 is 24.0 Å². The topological polar surface area (TPSA) is 34.1 Å². The van der Waals surface area contributed by atoms with Gasteiger partial charge in [0.25, 0.3) is 0 Å². The van der Waals surface area contributed by atoms with E-state index in [0.717, 1.165) is 51.8 Å². The van der Waals surface area contributed by atoms with Gasteiger partial charge in [0, 0.05) is 51.2 Å². The highest BCUT2D eigenvalue weighted by molar-refractivity contribution is 14.0. The summed E-state index contributed by atoms with van der Waals surface area (Å²) in [6.07, 6.45) is 1.21. The average Bonchev–Trinajstić information content (AvgIpc) is 3.12. The van der Waals surface area contributed by atoms with E-state index in [2.05, 4.69) is 71.4 Å². The number of aliphatic imine (C=N–C) groups is 1. The van der Waals surface area contributed by atoms with E-state index < -0.39 is 0 Å². The van der Waals surface area contributed by atoms with Gasteiger partial charge in [-0.05, 0) is 33.0 Å². The lowest BCUT2D eigenvalue weighted by Crippen LogP contribution is -2.51. The summed E-state index contributed by atoms with van der Waals surface area (Å²) in [7, 11) is 4.43. The molecule has 2 unspecified atom stereocenters. The Morgan fingerprint density at radius 2 is 1.88 bits per heavy atom. The maximum Gasteiger partial charge on any atom is 0.193 e. The number of hydrogen-bond acceptors (Lipinski definition) is 3. The number of nitrogens with one attached hydrogen (secondary N) is 1. The van der Waals surface area contributed by atoms with Crippen molar-refractivity contribution in [3.05, 3.63) is 35.9 Å². The summed E-state index contributed by atoms with van der Waals surface area (Å²) in [5.74, 6) is 1.70. The van der Waals surface area contributed by atoms with Crippen molar-refractivity contribution in [2.75, 3.05) is 59.9 Å². The first-order valence-electron chi connectivity index (χ1n) is 9.64. The Morgan fingerprint density at radius 3 is 2.62 bits per heavy atom. The van der Waals surface area contributed by atoms with Gasteiger partial charge in [-0.3, -0.25) is 9.89 Å². The van der Waals surface area contributed by atoms with Crippen LogP contribution in [-0.2, 0) is 0 Å². The molecular formula is C20H34IN5. The average molecular weight is 471 g/mol. The Labute approximate surface area is 175 Å². The lowest BCUT2D eigenvalue weighted by atomic mass is 9.99. The molecule has 2 aliphatic rings. The molecule has 0 radical (unpaired) electrons. The van der Waals surface area contributed by atoms with Crippen LogP contribution in [0.4, 0.5) is 0 Å². The highest BCUT2D eigenvalue weighted by Crippen LogP contribution is 2.26. The first-order chi connectivity index (χ1) is 12.2. The predicted octanol–water partition coefficient (Wildman–Crippen LogP) is 2.31. The van der Waals surface area contributed by atoms with Crippen LogP contribution in [0, 0.1) is 0 Å². The van der Waals surface area contributed by atoms with Gasteiger partial charge < -0.3 is 15.1 Å². The first kappa shape index (κ1) is 21.4. The zero-order valence-corrected chi connectivity index (χ0v) is 18.7. The van der Waals surface area contributed by atoms with E-state index >= 15 is 0 Å². The Morgan fingerprint density at radius 1 is 1.12 bits per heavy atom. The number of likely N-dealkylation sites (tertiary alicyclic amines) is 1. The van der Waals surface area contributed by atoms with E-state index in [1.54, 1.807) is 0 Å². The highest BCUT2D eigenvalue weighted by atomic mass is 127. The number of benzene rings is 1. The Kier molecular flexibility index (Phi) is 8.63. The van der Waals surface area contributed by atoms with Gasteiger partial charge in [0.1, 0.15) is 0 Å². The van der Waals surface area contributed by atoms with E-state index in [9.17, 15) is 0 Å². The number of hydrogen-bond donors (Lipinski definition) is 1. The van der Waals surface area contributed by atoms with Gasteiger partial charge in [0.15, 0.2) is 5.96 Å². The fraction of sp³-hybridized carbons (Fsp3) is 0.650. The molecule has 0 bridgehead atoms. The molecule has 1 aromatic rings. The van der Waals surface area contributed by atoms with Gasteiger partial charge in [-0.2, -0.15) is 0 Å². The molecular weight excluding hydrogens is 437 g/mol. The second-order valence-corrected chi connectivity index (χ2v) is 7.43. The Hall–Kier alpha value is -0.860. The quantitative estimate of drug-likeness (QED) is 0.415. The molecule has 2 fully saturated rings. The lowest BCUT2D eigenvalue weighted by Gasteiger charge is -2.37. The molecule has 26 heavy (non-hydrogen) atoms. The molecule has 5 nitrogen and oxygen atoms in total. The number of rotatable bonds is 4. The summed E-state index contributed by atoms with van der Waals surface area (Å²) in [5.41, 5.74) is 1.45. The third-order valence-electron chi connectivity index (χ3n) is 5.53. The zero-order chi connectivity index (χ0) is 17.6. The Bertz CT molecular complexity index is 565. The van der Waals surface area contributed by atoms with Crippen LogP contribution in [0.15, 0.2) is 35.3 Å². The summed E-state index contributed by atoms with van der Waals surface area (Å²) < 4.78 is 0. The molecule has 2 heterocycles. The van der Waals surface area contributed by atoms with E-state index in [1.807, 2.05) is 0 Å². The molecule has 6 heteroatoms. The summed E-state index contributed by atoms with van der Waals surface area (Å²) in [6.45, 7) is 9.49. The molecule has 1 aromatic carbocycles. The van der Waals surface area contributed by atoms with Gasteiger partial charge >= 0.3 is 0 Å². The SMILES string of the molecule is CCNC(=NCC1CN(C)CCN1C)N1CCC(c2ccccc2)C1.I. The minimum absolute atomic E-state index is 0. The summed E-state index contributed by atoms with van der Waals surface area (Å²) in [6, 6.07) is 11.4. The van der Waals surface area contributed by atoms with Crippen LogP contribution in [0.1, 0.15) is 24.8 Å². The van der Waals surface area contributed by atoms with E-state index in [0.29, 0.717) is 12.0 Å². The van der Waals surface area contributed by atoms with Gasteiger partial charge in [0.2, 0.25) is 0 Å². The second kappa shape index (κ2) is 10.5. The first-order valence-corrected chi connectivity index (χ1v) is 9.64. The molecule has 2 atom stereocenters. The highest BCUT2D eigenvalue weighted by Gasteiger charge is 2.27. The molecule has 146 valence electrons. The third kappa shape index (κ3) is 5.57. The van der Waals surface area contributed by atoms with Gasteiger partial charge in [-0.15, -0.1) is 24.0 Å². The summed E-state index contributed by atoms with van der Waals surface area (Å²) in [5, 5.41) is 3.51. The smallest absolute Gasteiger partial charge is 0.193 e. The van der Waals surface area contributed by atoms with Gasteiger partial charge in [0.05, 0.1) is 6.54 Å². The van der Waals surface area contributed by atoms with Crippen LogP contribution < -0.4 is 5.32 Å². The fourth-order valence-corrected chi connectivity index (χ4v) is 3.87. The van der Waals surface area contributed by atoms with Crippen molar-refractivity contribution >= 4 is 29.9 Å². The van der Waals surface area contributed by atoms with E-state index in [1.165, 1.54) is 12.0 Å². The molecule has 1 N–H and O–H groups in total. The summed E-state index contributed by atoms with van der Waals surface area (Å²) >= 11 is 0. The van der Waals surface area contributed by atoms with Crippen molar-refractivity contribution in [1.82, 2.24) is 20.0 Å². The standard InChI is InChI=1S/C20H33N5.HI/c1-4-21-20(22-14-19-16-23(2)12-13-24(19)3)25-11-10-18(15-25)17-8-6-5-7-9-17;/h5-9,18-19H,4,10-16H2,1-3H3,(H,21,22);1H. The van der Waals surface area contributed by atoms with E-state index in [-0.39, 0.29) is 24.0 Å². The number of nitrogens with zero attached hydrogens (tertiary/aromatic N) is 4. The molecule has 0 aromatic heterocycles. The van der Waals surface area contributed by atoms with Crippen molar-refractivity contribution in [1.29, 1.82) is 0 Å². The van der Waals surface area contributed by atoms with Crippen molar-refractivity contribution in [3.8, 4) is 0 Å². The molecule has 2 saturated heterocycles. The normalized spacial score (nSPS) is 25.2. The molecule has 0 aliphatic carbocycles. The predicted molar refractivity (Wildman–Crippen MR) is 121 cm³/mol. The van der Waals surface area contributed by atoms with Crippen LogP contribution in [0.3, 0.4) is 0 Å². The van der Waals surface area contributed by atoms with Crippen molar-refractivity contribution in [2.45, 2.75) is 25.3 Å². The third-order valence-corrected chi connectivity index (χ3v) is 5.53. The fourth-order valence-electron chi connectivity index (χ4n) is 3.87. The molecule has 3 rings (SSSR count). The van der Waals surface area contributed by atoms with Crippen LogP contribution in [0.5, 0.6) is 0 Å². The van der Waals surface area contributed by atoms with Gasteiger partial charge in [-0.1, -0.05) is 30.3 Å². The minimum atomic E-state index is 0. The molecule has 2 aliphatic heterocycles. The van der Waals surface area contributed by atoms with Crippen molar-refractivity contribution in [2.24, 2.45) is 4.99 Å². The second-order valence-electron chi connectivity index (χ2n) is 7.43. The van der Waals surface area contributed by atoms with Gasteiger partial charge in [-0.25, -0.2) is 0 Å². The number of piperazine rings is 1. The van der Waals surface area contributed by atoms with Crippen LogP contribution in [0.2, 0.25) is 0 Å². The van der Waals surface area contributed by atoms with E-state index in [4.69, 9.17) is 4.99 Å². The number of likely N-dealkylation sites (N-methyl/N-ethyl adjacent to an activating group) is 2. The minimum Gasteiger partial charge on any atom is -0.357 e. The number of guanidine groups is 1. The molecule has 0 saturated carbocycles. The maximum atomic E-state index is 5.00. The van der Waals surface area contributed by atoms with Crippen LogP contribution in [-0.4, -0.2) is 86.6 Å². The van der Waals surface area contributed by atoms with Crippen molar-refractivity contribution < 1.29 is 0 Å². The maximum absolute atomic E-state index is 5.00. The summed E-state index contributed by atoms with van der Waals surface area (Å²) in [4.78, 5) is 12.3. The monoisotopic (exact) mass is 471 g/mol. The largest absolute Gasteiger partial charge is 0.357 e. The number of halogens is 1. The lowest BCUT2D eigenvalue weighted by molar-refractivity contribution is 0.119. The Balaban J connectivity index is 0.00000243. The molecule has 0 spiro atoms. The molecule has 0 amide bonds. The zero-order valence-electron chi connectivity index (χ0n) is 16.4.